The van der Waals surface area contributed by atoms with Crippen molar-refractivity contribution < 1.29 is 9.53 Å². The molecule has 1 atom stereocenters. The fourth-order valence-electron chi connectivity index (χ4n) is 3.54. The van der Waals surface area contributed by atoms with Crippen LogP contribution in [0.3, 0.4) is 0 Å². The van der Waals surface area contributed by atoms with Crippen LogP contribution in [0.15, 0.2) is 53.7 Å². The molecular formula is C21H18Cl2N2O2S. The van der Waals surface area contributed by atoms with E-state index in [1.165, 1.54) is 0 Å². The highest BCUT2D eigenvalue weighted by molar-refractivity contribution is 7.80. The van der Waals surface area contributed by atoms with Crippen LogP contribution in [0, 0.1) is 0 Å². The number of Topliss-reactive ketones (excluding diaryl/α,β-unsaturated/α-hetero) is 1. The second kappa shape index (κ2) is 8.11. The number of hydrogen-bond acceptors (Lipinski definition) is 3. The van der Waals surface area contributed by atoms with E-state index in [9.17, 15) is 4.79 Å². The van der Waals surface area contributed by atoms with Gasteiger partial charge in [-0.25, -0.2) is 0 Å². The fourth-order valence-corrected chi connectivity index (χ4v) is 4.24. The molecule has 0 amide bonds. The number of rotatable bonds is 4. The van der Waals surface area contributed by atoms with E-state index >= 15 is 0 Å². The Balaban J connectivity index is 1.58. The first-order chi connectivity index (χ1) is 13.5. The Morgan fingerprint density at radius 2 is 2.00 bits per heavy atom. The van der Waals surface area contributed by atoms with Crippen molar-refractivity contribution in [1.82, 2.24) is 10.6 Å². The minimum absolute atomic E-state index is 0.160. The highest BCUT2D eigenvalue weighted by atomic mass is 35.5. The van der Waals surface area contributed by atoms with Crippen molar-refractivity contribution in [3.63, 3.8) is 0 Å². The SMILES string of the molecule is O=C1CCCC2=C1C(c1cccc(OCc3ccc(Cl)cc3Cl)c1)NC(=S)N2. The molecule has 0 saturated carbocycles. The van der Waals surface area contributed by atoms with E-state index in [1.807, 2.05) is 30.3 Å². The number of halogens is 2. The maximum Gasteiger partial charge on any atom is 0.171 e. The molecule has 0 spiro atoms. The van der Waals surface area contributed by atoms with E-state index in [0.717, 1.165) is 35.2 Å². The molecule has 4 rings (SSSR count). The zero-order valence-corrected chi connectivity index (χ0v) is 17.3. The highest BCUT2D eigenvalue weighted by Crippen LogP contribution is 2.34. The van der Waals surface area contributed by atoms with Gasteiger partial charge in [-0.2, -0.15) is 0 Å². The van der Waals surface area contributed by atoms with Gasteiger partial charge < -0.3 is 15.4 Å². The average molecular weight is 433 g/mol. The van der Waals surface area contributed by atoms with Crippen LogP contribution in [0.1, 0.15) is 36.4 Å². The van der Waals surface area contributed by atoms with E-state index in [-0.39, 0.29) is 11.8 Å². The quantitative estimate of drug-likeness (QED) is 0.658. The molecule has 0 saturated heterocycles. The molecule has 2 aromatic rings. The first-order valence-electron chi connectivity index (χ1n) is 9.02. The van der Waals surface area contributed by atoms with Crippen molar-refractivity contribution in [2.45, 2.75) is 31.9 Å². The van der Waals surface area contributed by atoms with Gasteiger partial charge in [0.2, 0.25) is 0 Å². The Kier molecular flexibility index (Phi) is 5.58. The number of ether oxygens (including phenoxy) is 1. The van der Waals surface area contributed by atoms with Crippen LogP contribution < -0.4 is 15.4 Å². The number of carbonyl (C=O) groups is 1. The second-order valence-electron chi connectivity index (χ2n) is 6.80. The van der Waals surface area contributed by atoms with Crippen LogP contribution in [0.25, 0.3) is 0 Å². The van der Waals surface area contributed by atoms with Gasteiger partial charge in [0, 0.05) is 33.3 Å². The first-order valence-corrected chi connectivity index (χ1v) is 10.2. The summed E-state index contributed by atoms with van der Waals surface area (Å²) in [5.41, 5.74) is 3.50. The van der Waals surface area contributed by atoms with E-state index < -0.39 is 0 Å². The lowest BCUT2D eigenvalue weighted by molar-refractivity contribution is -0.116. The van der Waals surface area contributed by atoms with Gasteiger partial charge in [0.05, 0.1) is 6.04 Å². The Morgan fingerprint density at radius 3 is 2.82 bits per heavy atom. The van der Waals surface area contributed by atoms with Gasteiger partial charge in [0.25, 0.3) is 0 Å². The third-order valence-corrected chi connectivity index (χ3v) is 5.69. The number of ketones is 1. The number of carbonyl (C=O) groups excluding carboxylic acids is 1. The van der Waals surface area contributed by atoms with Crippen molar-refractivity contribution in [2.24, 2.45) is 0 Å². The van der Waals surface area contributed by atoms with Crippen molar-refractivity contribution >= 4 is 46.3 Å². The number of benzene rings is 2. The van der Waals surface area contributed by atoms with Gasteiger partial charge in [-0.05, 0) is 54.9 Å². The Labute approximate surface area is 178 Å². The van der Waals surface area contributed by atoms with Gasteiger partial charge in [0.15, 0.2) is 10.9 Å². The molecular weight excluding hydrogens is 415 g/mol. The smallest absolute Gasteiger partial charge is 0.171 e. The van der Waals surface area contributed by atoms with E-state index in [4.69, 9.17) is 40.2 Å². The summed E-state index contributed by atoms with van der Waals surface area (Å²) in [6.07, 6.45) is 2.26. The van der Waals surface area contributed by atoms with Gasteiger partial charge in [0.1, 0.15) is 12.4 Å². The van der Waals surface area contributed by atoms with Gasteiger partial charge >= 0.3 is 0 Å². The Bertz CT molecular complexity index is 990. The molecule has 28 heavy (non-hydrogen) atoms. The predicted molar refractivity (Wildman–Crippen MR) is 115 cm³/mol. The second-order valence-corrected chi connectivity index (χ2v) is 8.05. The zero-order valence-electron chi connectivity index (χ0n) is 14.9. The van der Waals surface area contributed by atoms with Gasteiger partial charge in [-0.3, -0.25) is 4.79 Å². The molecule has 0 bridgehead atoms. The lowest BCUT2D eigenvalue weighted by Crippen LogP contribution is -2.46. The van der Waals surface area contributed by atoms with Crippen LogP contribution in [0.4, 0.5) is 0 Å². The summed E-state index contributed by atoms with van der Waals surface area (Å²) >= 11 is 17.5. The molecule has 1 aliphatic carbocycles. The normalized spacial score (nSPS) is 19.0. The molecule has 1 aliphatic heterocycles. The third kappa shape index (κ3) is 4.02. The number of thiocarbonyl (C=S) groups is 1. The van der Waals surface area contributed by atoms with Crippen LogP contribution in [-0.2, 0) is 11.4 Å². The van der Waals surface area contributed by atoms with Crippen molar-refractivity contribution in [3.8, 4) is 5.75 Å². The summed E-state index contributed by atoms with van der Waals surface area (Å²) in [4.78, 5) is 12.5. The largest absolute Gasteiger partial charge is 0.489 e. The molecule has 0 aromatic heterocycles. The lowest BCUT2D eigenvalue weighted by atomic mass is 9.85. The average Bonchev–Trinajstić information content (AvgIpc) is 2.67. The molecule has 0 fully saturated rings. The molecule has 1 heterocycles. The van der Waals surface area contributed by atoms with Crippen molar-refractivity contribution in [3.05, 3.63) is 74.9 Å². The summed E-state index contributed by atoms with van der Waals surface area (Å²) in [5, 5.41) is 8.07. The lowest BCUT2D eigenvalue weighted by Gasteiger charge is -2.33. The Hall–Kier alpha value is -2.08. The van der Waals surface area contributed by atoms with E-state index in [0.29, 0.717) is 33.9 Å². The first kappa shape index (κ1) is 19.2. The summed E-state index contributed by atoms with van der Waals surface area (Å²) in [7, 11) is 0. The van der Waals surface area contributed by atoms with Crippen LogP contribution >= 0.6 is 35.4 Å². The van der Waals surface area contributed by atoms with Gasteiger partial charge in [-0.1, -0.05) is 41.4 Å². The summed E-state index contributed by atoms with van der Waals surface area (Å²) in [6.45, 7) is 0.324. The number of allylic oxidation sites excluding steroid dienone is 1. The predicted octanol–water partition coefficient (Wildman–Crippen LogP) is 5.10. The number of hydrogen-bond donors (Lipinski definition) is 2. The number of nitrogens with one attached hydrogen (secondary N) is 2. The zero-order chi connectivity index (χ0) is 19.7. The fraction of sp³-hybridized carbons (Fsp3) is 0.238. The molecule has 2 aromatic carbocycles. The Morgan fingerprint density at radius 1 is 1.14 bits per heavy atom. The maximum atomic E-state index is 12.5. The van der Waals surface area contributed by atoms with E-state index in [2.05, 4.69) is 10.6 Å². The summed E-state index contributed by atoms with van der Waals surface area (Å²) in [6, 6.07) is 12.8. The van der Waals surface area contributed by atoms with Crippen molar-refractivity contribution in [2.75, 3.05) is 0 Å². The van der Waals surface area contributed by atoms with E-state index in [1.54, 1.807) is 12.1 Å². The molecule has 7 heteroatoms. The summed E-state index contributed by atoms with van der Waals surface area (Å²) in [5.74, 6) is 0.855. The molecule has 144 valence electrons. The van der Waals surface area contributed by atoms with Crippen molar-refractivity contribution in [1.29, 1.82) is 0 Å². The minimum atomic E-state index is -0.265. The molecule has 2 aliphatic rings. The third-order valence-electron chi connectivity index (χ3n) is 4.89. The maximum absolute atomic E-state index is 12.5. The standard InChI is InChI=1S/C21H18Cl2N2O2S/c22-14-8-7-13(16(23)10-14)11-27-15-4-1-3-12(9-15)20-19-17(24-21(28)25-20)5-2-6-18(19)26/h1,3-4,7-10,20H,2,5-6,11H2,(H2,24,25,28). The van der Waals surface area contributed by atoms with Crippen LogP contribution in [-0.4, -0.2) is 10.9 Å². The monoisotopic (exact) mass is 432 g/mol. The summed E-state index contributed by atoms with van der Waals surface area (Å²) < 4.78 is 5.93. The van der Waals surface area contributed by atoms with Gasteiger partial charge in [-0.15, -0.1) is 0 Å². The van der Waals surface area contributed by atoms with Crippen LogP contribution in [0.2, 0.25) is 10.0 Å². The molecule has 0 radical (unpaired) electrons. The molecule has 4 nitrogen and oxygen atoms in total. The highest BCUT2D eigenvalue weighted by Gasteiger charge is 2.33. The topological polar surface area (TPSA) is 50.4 Å². The molecule has 1 unspecified atom stereocenters. The minimum Gasteiger partial charge on any atom is -0.489 e. The van der Waals surface area contributed by atoms with Crippen LogP contribution in [0.5, 0.6) is 5.75 Å². The molecule has 2 N–H and O–H groups in total.